The quantitative estimate of drug-likeness (QED) is 0.670. The van der Waals surface area contributed by atoms with Crippen molar-refractivity contribution in [2.24, 2.45) is 0 Å². The van der Waals surface area contributed by atoms with Crippen LogP contribution in [0.1, 0.15) is 22.7 Å². The molecule has 0 spiro atoms. The number of nitrogens with zero attached hydrogens (tertiary/aromatic N) is 1. The Balaban J connectivity index is 1.57. The van der Waals surface area contributed by atoms with Gasteiger partial charge in [0.15, 0.2) is 0 Å². The Morgan fingerprint density at radius 3 is 2.50 bits per heavy atom. The monoisotopic (exact) mass is 403 g/mol. The number of anilines is 2. The molecule has 1 aliphatic heterocycles. The molecule has 0 radical (unpaired) electrons. The lowest BCUT2D eigenvalue weighted by atomic mass is 10.1. The van der Waals surface area contributed by atoms with Crippen LogP contribution in [0.2, 0.25) is 0 Å². The highest BCUT2D eigenvalue weighted by Gasteiger charge is 2.32. The van der Waals surface area contributed by atoms with Gasteiger partial charge in [0.25, 0.3) is 5.91 Å². The second-order valence-corrected chi connectivity index (χ2v) is 7.27. The highest BCUT2D eigenvalue weighted by atomic mass is 19.1. The number of hydrogen-bond donors (Lipinski definition) is 2. The Kier molecular flexibility index (Phi) is 5.48. The smallest absolute Gasteiger partial charge is 0.320 e. The third-order valence-electron chi connectivity index (χ3n) is 5.24. The van der Waals surface area contributed by atoms with Gasteiger partial charge in [-0.1, -0.05) is 54.6 Å². The number of rotatable bonds is 4. The molecular formula is C24H22FN3O2. The summed E-state index contributed by atoms with van der Waals surface area (Å²) in [6.45, 7) is 2.21. The first-order valence-corrected chi connectivity index (χ1v) is 9.81. The number of carbonyl (C=O) groups excluding carboxylic acids is 2. The first-order valence-electron chi connectivity index (χ1n) is 9.81. The van der Waals surface area contributed by atoms with Gasteiger partial charge < -0.3 is 15.5 Å². The van der Waals surface area contributed by atoms with E-state index in [-0.39, 0.29) is 5.91 Å². The summed E-state index contributed by atoms with van der Waals surface area (Å²) < 4.78 is 13.8. The van der Waals surface area contributed by atoms with Crippen LogP contribution >= 0.6 is 0 Å². The molecule has 0 saturated heterocycles. The van der Waals surface area contributed by atoms with Crippen LogP contribution < -0.4 is 15.5 Å². The number of benzene rings is 3. The first kappa shape index (κ1) is 19.6. The standard InChI is InChI=1S/C24H22FN3O2/c1-16-11-12-19(15-20(16)25)26-24(30)27-22(18-8-3-2-4-9-18)23(29)28-14-13-17-7-5-6-10-21(17)28/h2-12,15,22H,13-14H2,1H3,(H2,26,27,30). The molecule has 0 bridgehead atoms. The second-order valence-electron chi connectivity index (χ2n) is 7.27. The molecule has 6 heteroatoms. The van der Waals surface area contributed by atoms with Gasteiger partial charge in [-0.05, 0) is 48.2 Å². The van der Waals surface area contributed by atoms with Gasteiger partial charge in [0.2, 0.25) is 0 Å². The van der Waals surface area contributed by atoms with Crippen LogP contribution in [0, 0.1) is 12.7 Å². The molecule has 0 fully saturated rings. The summed E-state index contributed by atoms with van der Waals surface area (Å²) in [5, 5.41) is 5.37. The van der Waals surface area contributed by atoms with Gasteiger partial charge in [0.1, 0.15) is 11.9 Å². The molecule has 3 aromatic carbocycles. The zero-order valence-corrected chi connectivity index (χ0v) is 16.6. The first-order chi connectivity index (χ1) is 14.5. The molecule has 30 heavy (non-hydrogen) atoms. The fourth-order valence-electron chi connectivity index (χ4n) is 3.63. The minimum atomic E-state index is -0.868. The predicted octanol–water partition coefficient (Wildman–Crippen LogP) is 4.59. The number of fused-ring (bicyclic) bond motifs is 1. The van der Waals surface area contributed by atoms with Gasteiger partial charge in [0.05, 0.1) is 0 Å². The highest BCUT2D eigenvalue weighted by Crippen LogP contribution is 2.30. The summed E-state index contributed by atoms with van der Waals surface area (Å²) in [6.07, 6.45) is 0.776. The van der Waals surface area contributed by atoms with E-state index in [1.807, 2.05) is 42.5 Å². The van der Waals surface area contributed by atoms with Crippen molar-refractivity contribution < 1.29 is 14.0 Å². The number of hydrogen-bond acceptors (Lipinski definition) is 2. The van der Waals surface area contributed by atoms with Crippen molar-refractivity contribution in [1.82, 2.24) is 5.32 Å². The summed E-state index contributed by atoms with van der Waals surface area (Å²) in [7, 11) is 0. The van der Waals surface area contributed by atoms with Crippen molar-refractivity contribution in [3.63, 3.8) is 0 Å². The molecule has 1 atom stereocenters. The van der Waals surface area contributed by atoms with E-state index in [0.717, 1.165) is 17.7 Å². The Morgan fingerprint density at radius 1 is 1.00 bits per heavy atom. The zero-order valence-electron chi connectivity index (χ0n) is 16.6. The average molecular weight is 403 g/mol. The van der Waals surface area contributed by atoms with Crippen molar-refractivity contribution in [2.45, 2.75) is 19.4 Å². The molecule has 0 aliphatic carbocycles. The molecule has 0 aromatic heterocycles. The Bertz CT molecular complexity index is 1080. The summed E-state index contributed by atoms with van der Waals surface area (Å²) in [4.78, 5) is 27.8. The molecule has 3 amide bonds. The Hall–Kier alpha value is -3.67. The third kappa shape index (κ3) is 4.03. The number of para-hydroxylation sites is 1. The summed E-state index contributed by atoms with van der Waals surface area (Å²) in [6, 6.07) is 19.9. The Morgan fingerprint density at radius 2 is 1.73 bits per heavy atom. The molecule has 1 unspecified atom stereocenters. The minimum Gasteiger partial charge on any atom is -0.322 e. The van der Waals surface area contributed by atoms with Crippen LogP contribution in [0.25, 0.3) is 0 Å². The molecule has 4 rings (SSSR count). The molecule has 1 heterocycles. The number of carbonyl (C=O) groups is 2. The number of halogens is 1. The topological polar surface area (TPSA) is 61.4 Å². The van der Waals surface area contributed by atoms with Crippen molar-refractivity contribution in [2.75, 3.05) is 16.8 Å². The lowest BCUT2D eigenvalue weighted by Gasteiger charge is -2.25. The molecule has 3 aromatic rings. The van der Waals surface area contributed by atoms with E-state index in [1.165, 1.54) is 6.07 Å². The summed E-state index contributed by atoms with van der Waals surface area (Å²) in [5.74, 6) is -0.617. The van der Waals surface area contributed by atoms with Crippen LogP contribution in [0.4, 0.5) is 20.6 Å². The van der Waals surface area contributed by atoms with Gasteiger partial charge in [-0.15, -0.1) is 0 Å². The van der Waals surface area contributed by atoms with E-state index in [2.05, 4.69) is 10.6 Å². The maximum absolute atomic E-state index is 13.8. The average Bonchev–Trinajstić information content (AvgIpc) is 3.19. The van der Waals surface area contributed by atoms with E-state index in [0.29, 0.717) is 23.4 Å². The van der Waals surface area contributed by atoms with Gasteiger partial charge in [-0.3, -0.25) is 4.79 Å². The number of nitrogens with one attached hydrogen (secondary N) is 2. The largest absolute Gasteiger partial charge is 0.322 e. The lowest BCUT2D eigenvalue weighted by molar-refractivity contribution is -0.120. The van der Waals surface area contributed by atoms with Crippen molar-refractivity contribution in [1.29, 1.82) is 0 Å². The predicted molar refractivity (Wildman–Crippen MR) is 115 cm³/mol. The fraction of sp³-hybridized carbons (Fsp3) is 0.167. The third-order valence-corrected chi connectivity index (χ3v) is 5.24. The molecule has 0 saturated carbocycles. The van der Waals surface area contributed by atoms with Gasteiger partial charge in [-0.25, -0.2) is 9.18 Å². The number of aryl methyl sites for hydroxylation is 1. The molecule has 2 N–H and O–H groups in total. The van der Waals surface area contributed by atoms with Crippen LogP contribution in [0.15, 0.2) is 72.8 Å². The second kappa shape index (κ2) is 8.37. The maximum atomic E-state index is 13.8. The van der Waals surface area contributed by atoms with E-state index in [9.17, 15) is 14.0 Å². The number of amides is 3. The van der Waals surface area contributed by atoms with E-state index < -0.39 is 17.9 Å². The van der Waals surface area contributed by atoms with Crippen LogP contribution in [-0.4, -0.2) is 18.5 Å². The normalized spacial score (nSPS) is 13.5. The zero-order chi connectivity index (χ0) is 21.1. The SMILES string of the molecule is Cc1ccc(NC(=O)NC(C(=O)N2CCc3ccccc32)c2ccccc2)cc1F. The van der Waals surface area contributed by atoms with E-state index in [4.69, 9.17) is 0 Å². The maximum Gasteiger partial charge on any atom is 0.320 e. The Labute approximate surface area is 174 Å². The molecule has 152 valence electrons. The van der Waals surface area contributed by atoms with Gasteiger partial charge >= 0.3 is 6.03 Å². The van der Waals surface area contributed by atoms with Gasteiger partial charge in [-0.2, -0.15) is 0 Å². The summed E-state index contributed by atoms with van der Waals surface area (Å²) in [5.41, 5.74) is 3.47. The minimum absolute atomic E-state index is 0.212. The number of urea groups is 1. The molecular weight excluding hydrogens is 381 g/mol. The highest BCUT2D eigenvalue weighted by molar-refractivity contribution is 6.02. The molecule has 5 nitrogen and oxygen atoms in total. The van der Waals surface area contributed by atoms with Crippen LogP contribution in [0.5, 0.6) is 0 Å². The molecule has 1 aliphatic rings. The van der Waals surface area contributed by atoms with E-state index in [1.54, 1.807) is 36.1 Å². The van der Waals surface area contributed by atoms with Crippen molar-refractivity contribution in [3.05, 3.63) is 95.3 Å². The van der Waals surface area contributed by atoms with Crippen LogP contribution in [-0.2, 0) is 11.2 Å². The van der Waals surface area contributed by atoms with Crippen LogP contribution in [0.3, 0.4) is 0 Å². The fourth-order valence-corrected chi connectivity index (χ4v) is 3.63. The van der Waals surface area contributed by atoms with Crippen molar-refractivity contribution in [3.8, 4) is 0 Å². The lowest BCUT2D eigenvalue weighted by Crippen LogP contribution is -2.43. The summed E-state index contributed by atoms with van der Waals surface area (Å²) >= 11 is 0. The van der Waals surface area contributed by atoms with Gasteiger partial charge in [0, 0.05) is 17.9 Å². The van der Waals surface area contributed by atoms with E-state index >= 15 is 0 Å². The van der Waals surface area contributed by atoms with Crippen molar-refractivity contribution >= 4 is 23.3 Å².